The van der Waals surface area contributed by atoms with E-state index in [4.69, 9.17) is 5.11 Å². The summed E-state index contributed by atoms with van der Waals surface area (Å²) in [6.45, 7) is 0. The Morgan fingerprint density at radius 3 is 2.64 bits per heavy atom. The molecule has 0 saturated carbocycles. The van der Waals surface area contributed by atoms with Gasteiger partial charge in [0, 0.05) is 13.1 Å². The number of rotatable bonds is 2. The third kappa shape index (κ3) is 1.61. The Labute approximate surface area is 76.6 Å². The zero-order valence-corrected chi connectivity index (χ0v) is 7.07. The molecule has 0 spiro atoms. The lowest BCUT2D eigenvalue weighted by molar-refractivity contribution is -0.166. The summed E-state index contributed by atoms with van der Waals surface area (Å²) in [6.07, 6.45) is 0.648. The average molecular weight is 204 g/mol. The van der Waals surface area contributed by atoms with Crippen molar-refractivity contribution in [3.8, 4) is 0 Å². The summed E-state index contributed by atoms with van der Waals surface area (Å²) >= 11 is 0. The highest BCUT2D eigenvalue weighted by molar-refractivity contribution is 5.76. The summed E-state index contributed by atoms with van der Waals surface area (Å²) < 4.78 is 26.4. The van der Waals surface area contributed by atoms with Crippen LogP contribution in [-0.2, 0) is 17.8 Å². The standard InChI is InChI=1S/C7H6F2N2O3/c1-11-5(12)2-4(3-10-11)7(8,9)6(13)14/h2-3H,1H3,(H,13,14). The Morgan fingerprint density at radius 1 is 1.64 bits per heavy atom. The van der Waals surface area contributed by atoms with Gasteiger partial charge >= 0.3 is 11.9 Å². The molecule has 0 atom stereocenters. The Kier molecular flexibility index (Phi) is 2.33. The molecular formula is C7H6F2N2O3. The molecule has 0 aliphatic rings. The van der Waals surface area contributed by atoms with Gasteiger partial charge in [0.2, 0.25) is 0 Å². The van der Waals surface area contributed by atoms with E-state index in [-0.39, 0.29) is 0 Å². The van der Waals surface area contributed by atoms with Crippen molar-refractivity contribution < 1.29 is 18.7 Å². The number of halogens is 2. The molecule has 76 valence electrons. The van der Waals surface area contributed by atoms with Crippen molar-refractivity contribution in [1.29, 1.82) is 0 Å². The van der Waals surface area contributed by atoms with Crippen LogP contribution >= 0.6 is 0 Å². The van der Waals surface area contributed by atoms with Gasteiger partial charge in [0.25, 0.3) is 5.56 Å². The molecule has 1 N–H and O–H groups in total. The maximum Gasteiger partial charge on any atom is 0.379 e. The highest BCUT2D eigenvalue weighted by Gasteiger charge is 2.41. The van der Waals surface area contributed by atoms with Crippen molar-refractivity contribution in [1.82, 2.24) is 9.78 Å². The maximum atomic E-state index is 12.8. The molecule has 0 unspecified atom stereocenters. The first-order valence-corrected chi connectivity index (χ1v) is 3.50. The quantitative estimate of drug-likeness (QED) is 0.733. The van der Waals surface area contributed by atoms with Crippen LogP contribution < -0.4 is 5.56 Å². The number of carboxylic acid groups (broad SMARTS) is 1. The zero-order chi connectivity index (χ0) is 10.9. The number of aromatic nitrogens is 2. The smallest absolute Gasteiger partial charge is 0.379 e. The number of hydrogen-bond donors (Lipinski definition) is 1. The second-order valence-electron chi connectivity index (χ2n) is 2.59. The van der Waals surface area contributed by atoms with E-state index in [1.54, 1.807) is 0 Å². The lowest BCUT2D eigenvalue weighted by Crippen LogP contribution is -2.29. The number of alkyl halides is 2. The minimum atomic E-state index is -4.08. The number of aliphatic carboxylic acids is 1. The van der Waals surface area contributed by atoms with Gasteiger partial charge in [-0.3, -0.25) is 4.79 Å². The van der Waals surface area contributed by atoms with Gasteiger partial charge in [-0.2, -0.15) is 13.9 Å². The molecule has 1 heterocycles. The molecule has 0 aliphatic carbocycles. The Hall–Kier alpha value is -1.79. The highest BCUT2D eigenvalue weighted by atomic mass is 19.3. The molecule has 1 rings (SSSR count). The van der Waals surface area contributed by atoms with E-state index in [0.717, 1.165) is 4.68 Å². The van der Waals surface area contributed by atoms with E-state index < -0.39 is 23.0 Å². The summed E-state index contributed by atoms with van der Waals surface area (Å²) in [5.41, 5.74) is -1.71. The first-order valence-electron chi connectivity index (χ1n) is 3.50. The van der Waals surface area contributed by atoms with Crippen LogP contribution in [0.3, 0.4) is 0 Å². The van der Waals surface area contributed by atoms with E-state index in [1.165, 1.54) is 7.05 Å². The lowest BCUT2D eigenvalue weighted by Gasteiger charge is -2.10. The van der Waals surface area contributed by atoms with Crippen molar-refractivity contribution in [2.75, 3.05) is 0 Å². The van der Waals surface area contributed by atoms with E-state index in [2.05, 4.69) is 5.10 Å². The summed E-state index contributed by atoms with van der Waals surface area (Å²) in [5.74, 6) is -6.40. The topological polar surface area (TPSA) is 72.2 Å². The molecule has 0 amide bonds. The number of nitrogens with zero attached hydrogens (tertiary/aromatic N) is 2. The number of aryl methyl sites for hydroxylation is 1. The van der Waals surface area contributed by atoms with Crippen LogP contribution in [0, 0.1) is 0 Å². The molecule has 0 aliphatic heterocycles. The van der Waals surface area contributed by atoms with Gasteiger partial charge in [0.1, 0.15) is 0 Å². The fourth-order valence-electron chi connectivity index (χ4n) is 0.765. The van der Waals surface area contributed by atoms with Crippen LogP contribution in [0.4, 0.5) is 8.78 Å². The highest BCUT2D eigenvalue weighted by Crippen LogP contribution is 2.26. The SMILES string of the molecule is Cn1ncc(C(F)(F)C(=O)O)cc1=O. The number of hydrogen-bond acceptors (Lipinski definition) is 3. The van der Waals surface area contributed by atoms with Crippen LogP contribution in [0.1, 0.15) is 5.56 Å². The summed E-state index contributed by atoms with van der Waals surface area (Å²) in [6, 6.07) is 0.543. The Bertz CT molecular complexity index is 427. The summed E-state index contributed by atoms with van der Waals surface area (Å²) in [7, 11) is 1.27. The molecule has 0 bridgehead atoms. The minimum absolute atomic E-state index is 0.543. The third-order valence-electron chi connectivity index (χ3n) is 1.60. The monoisotopic (exact) mass is 204 g/mol. The maximum absolute atomic E-state index is 12.8. The van der Waals surface area contributed by atoms with E-state index in [0.29, 0.717) is 12.3 Å². The minimum Gasteiger partial charge on any atom is -0.477 e. The summed E-state index contributed by atoms with van der Waals surface area (Å²) in [5, 5.41) is 11.5. The predicted molar refractivity (Wildman–Crippen MR) is 41.0 cm³/mol. The van der Waals surface area contributed by atoms with E-state index in [9.17, 15) is 18.4 Å². The molecule has 0 aromatic carbocycles. The molecule has 0 saturated heterocycles. The Balaban J connectivity index is 3.28. The molecule has 5 nitrogen and oxygen atoms in total. The van der Waals surface area contributed by atoms with Crippen LogP contribution in [0.5, 0.6) is 0 Å². The van der Waals surface area contributed by atoms with Gasteiger partial charge < -0.3 is 5.11 Å². The van der Waals surface area contributed by atoms with E-state index >= 15 is 0 Å². The molecule has 0 radical (unpaired) electrons. The van der Waals surface area contributed by atoms with Gasteiger partial charge in [0.05, 0.1) is 11.8 Å². The van der Waals surface area contributed by atoms with E-state index in [1.807, 2.05) is 0 Å². The third-order valence-corrected chi connectivity index (χ3v) is 1.60. The predicted octanol–water partition coefficient (Wildman–Crippen LogP) is -0.0433. The first kappa shape index (κ1) is 10.3. The second kappa shape index (κ2) is 3.17. The van der Waals surface area contributed by atoms with Crippen LogP contribution in [-0.4, -0.2) is 20.9 Å². The van der Waals surface area contributed by atoms with Gasteiger partial charge in [-0.05, 0) is 0 Å². The van der Waals surface area contributed by atoms with Gasteiger partial charge in [-0.15, -0.1) is 0 Å². The van der Waals surface area contributed by atoms with Gasteiger partial charge in [-0.25, -0.2) is 9.48 Å². The second-order valence-corrected chi connectivity index (χ2v) is 2.59. The zero-order valence-electron chi connectivity index (χ0n) is 7.07. The number of carboxylic acids is 1. The molecule has 14 heavy (non-hydrogen) atoms. The molecule has 1 aromatic heterocycles. The normalized spacial score (nSPS) is 11.4. The largest absolute Gasteiger partial charge is 0.477 e. The van der Waals surface area contributed by atoms with Crippen molar-refractivity contribution in [2.24, 2.45) is 7.05 Å². The fraction of sp³-hybridized carbons (Fsp3) is 0.286. The van der Waals surface area contributed by atoms with Gasteiger partial charge in [-0.1, -0.05) is 0 Å². The Morgan fingerprint density at radius 2 is 2.21 bits per heavy atom. The van der Waals surface area contributed by atoms with Crippen molar-refractivity contribution >= 4 is 5.97 Å². The molecular weight excluding hydrogens is 198 g/mol. The van der Waals surface area contributed by atoms with Crippen LogP contribution in [0.25, 0.3) is 0 Å². The van der Waals surface area contributed by atoms with Crippen molar-refractivity contribution in [3.05, 3.63) is 28.2 Å². The van der Waals surface area contributed by atoms with Crippen molar-refractivity contribution in [2.45, 2.75) is 5.92 Å². The lowest BCUT2D eigenvalue weighted by atomic mass is 10.2. The van der Waals surface area contributed by atoms with Crippen LogP contribution in [0.2, 0.25) is 0 Å². The van der Waals surface area contributed by atoms with Crippen molar-refractivity contribution in [3.63, 3.8) is 0 Å². The first-order chi connectivity index (χ1) is 6.35. The molecule has 0 fully saturated rings. The van der Waals surface area contributed by atoms with Crippen LogP contribution in [0.15, 0.2) is 17.1 Å². The fourth-order valence-corrected chi connectivity index (χ4v) is 0.765. The number of carbonyl (C=O) groups is 1. The average Bonchev–Trinajstić information content (AvgIpc) is 2.09. The van der Waals surface area contributed by atoms with Gasteiger partial charge in [0.15, 0.2) is 0 Å². The summed E-state index contributed by atoms with van der Waals surface area (Å²) in [4.78, 5) is 21.0. The molecule has 7 heteroatoms. The molecule has 1 aromatic rings.